The van der Waals surface area contributed by atoms with Gasteiger partial charge in [-0.2, -0.15) is 0 Å². The van der Waals surface area contributed by atoms with Gasteiger partial charge >= 0.3 is 23.9 Å². The van der Waals surface area contributed by atoms with Gasteiger partial charge in [0.05, 0.1) is 23.6 Å². The highest BCUT2D eigenvalue weighted by Crippen LogP contribution is 2.34. The number of aliphatic carboxylic acids is 4. The van der Waals surface area contributed by atoms with Crippen LogP contribution in [0.3, 0.4) is 0 Å². The highest BCUT2D eigenvalue weighted by Gasteiger charge is 2.42. The lowest BCUT2D eigenvalue weighted by Gasteiger charge is -2.45. The first-order valence-electron chi connectivity index (χ1n) is 9.77. The predicted molar refractivity (Wildman–Crippen MR) is 116 cm³/mol. The summed E-state index contributed by atoms with van der Waals surface area (Å²) in [6.07, 6.45) is 9.18. The second kappa shape index (κ2) is 12.5. The highest BCUT2D eigenvalue weighted by atomic mass is 16.4. The van der Waals surface area contributed by atoms with Crippen LogP contribution in [0.4, 0.5) is 5.69 Å². The molecule has 0 aromatic carbocycles. The fraction of sp³-hybridized carbons (Fsp3) is 0.238. The summed E-state index contributed by atoms with van der Waals surface area (Å²) in [4.78, 5) is 49.1. The molecule has 0 radical (unpaired) electrons. The normalized spacial score (nSPS) is 18.2. The highest BCUT2D eigenvalue weighted by molar-refractivity contribution is 5.90. The van der Waals surface area contributed by atoms with Crippen LogP contribution in [0.2, 0.25) is 0 Å². The lowest BCUT2D eigenvalue weighted by molar-refractivity contribution is -0.134. The van der Waals surface area contributed by atoms with Gasteiger partial charge in [-0.1, -0.05) is 0 Å². The summed E-state index contributed by atoms with van der Waals surface area (Å²) in [6, 6.07) is 2.74. The van der Waals surface area contributed by atoms with E-state index in [1.807, 2.05) is 6.20 Å². The number of carboxylic acids is 4. The summed E-state index contributed by atoms with van der Waals surface area (Å²) >= 11 is 0. The van der Waals surface area contributed by atoms with Gasteiger partial charge in [-0.05, 0) is 6.07 Å². The first kappa shape index (κ1) is 25.7. The molecule has 0 saturated carbocycles. The van der Waals surface area contributed by atoms with Crippen LogP contribution in [0, 0.1) is 5.92 Å². The number of nitrogens with one attached hydrogen (secondary N) is 1. The standard InChI is InChI=1S/C13H14N4O.2C4H4O4/c1-2-18-13(16-1)9-3-11(6-14-4-9)17-8-10-5-15-7-12(10)17;2*5-3(6)1-2-4(7)8/h1-4,6,10,12,15H,5,7-8H2;2*1-2H,(H,5,6)(H,7,8)/b;2*2-1+/t10-,12-;;/m1../s1. The Hall–Kier alpha value is -4.52. The molecule has 0 bridgehead atoms. The van der Waals surface area contributed by atoms with E-state index in [9.17, 15) is 19.2 Å². The van der Waals surface area contributed by atoms with E-state index in [2.05, 4.69) is 26.3 Å². The van der Waals surface area contributed by atoms with E-state index in [0.717, 1.165) is 36.8 Å². The third-order valence-electron chi connectivity index (χ3n) is 4.61. The van der Waals surface area contributed by atoms with Gasteiger partial charge in [0.2, 0.25) is 5.89 Å². The maximum absolute atomic E-state index is 9.55. The lowest BCUT2D eigenvalue weighted by Crippen LogP contribution is -2.55. The molecule has 0 aliphatic carbocycles. The topological polar surface area (TPSA) is 203 Å². The molecule has 0 spiro atoms. The second-order valence-corrected chi connectivity index (χ2v) is 6.93. The van der Waals surface area contributed by atoms with Gasteiger partial charge in [-0.3, -0.25) is 4.98 Å². The molecule has 5 N–H and O–H groups in total. The Bertz CT molecular complexity index is 1000. The van der Waals surface area contributed by atoms with Crippen LogP contribution < -0.4 is 10.2 Å². The molecule has 2 aliphatic heterocycles. The maximum atomic E-state index is 9.55. The predicted octanol–water partition coefficient (Wildman–Crippen LogP) is 0.568. The number of hydrogen-bond acceptors (Lipinski definition) is 9. The van der Waals surface area contributed by atoms with Crippen LogP contribution in [-0.4, -0.2) is 79.9 Å². The molecule has 2 atom stereocenters. The minimum absolute atomic E-state index is 0.558. The first-order valence-corrected chi connectivity index (χ1v) is 9.77. The molecule has 2 aromatic rings. The summed E-state index contributed by atoms with van der Waals surface area (Å²) in [5.41, 5.74) is 2.10. The minimum Gasteiger partial charge on any atom is -0.478 e. The zero-order valence-electron chi connectivity index (χ0n) is 17.6. The molecule has 2 saturated heterocycles. The molecule has 13 nitrogen and oxygen atoms in total. The molecule has 0 amide bonds. The number of fused-ring (bicyclic) bond motifs is 1. The van der Waals surface area contributed by atoms with Gasteiger partial charge < -0.3 is 35.1 Å². The van der Waals surface area contributed by atoms with Crippen molar-refractivity contribution < 1.29 is 44.0 Å². The van der Waals surface area contributed by atoms with Crippen LogP contribution in [-0.2, 0) is 19.2 Å². The molecule has 2 aromatic heterocycles. The molecule has 4 rings (SSSR count). The van der Waals surface area contributed by atoms with Crippen molar-refractivity contribution in [3.8, 4) is 11.5 Å². The Labute approximate surface area is 192 Å². The van der Waals surface area contributed by atoms with Crippen LogP contribution in [0.25, 0.3) is 11.5 Å². The zero-order chi connectivity index (χ0) is 25.1. The molecular formula is C21H22N4O9. The third-order valence-corrected chi connectivity index (χ3v) is 4.61. The number of anilines is 1. The Morgan fingerprint density at radius 1 is 0.941 bits per heavy atom. The SMILES string of the molecule is O=C(O)/C=C/C(=O)O.O=C(O)/C=C/C(=O)O.c1coc(-c2cncc(N3C[C@H]4CNC[C@H]43)c2)n1. The van der Waals surface area contributed by atoms with Gasteiger partial charge in [-0.25, -0.2) is 24.2 Å². The molecule has 0 unspecified atom stereocenters. The molecule has 180 valence electrons. The Balaban J connectivity index is 0.000000216. The molecule has 2 fully saturated rings. The van der Waals surface area contributed by atoms with Crippen molar-refractivity contribution >= 4 is 29.6 Å². The van der Waals surface area contributed by atoms with Crippen molar-refractivity contribution in [3.05, 3.63) is 55.2 Å². The molecule has 4 heterocycles. The number of carbonyl (C=O) groups is 4. The largest absolute Gasteiger partial charge is 0.478 e. The van der Waals surface area contributed by atoms with Crippen molar-refractivity contribution in [2.75, 3.05) is 24.5 Å². The second-order valence-electron chi connectivity index (χ2n) is 6.93. The van der Waals surface area contributed by atoms with Crippen molar-refractivity contribution in [2.45, 2.75) is 6.04 Å². The molecule has 13 heteroatoms. The fourth-order valence-corrected chi connectivity index (χ4v) is 3.17. The third kappa shape index (κ3) is 8.20. The van der Waals surface area contributed by atoms with E-state index in [1.54, 1.807) is 18.7 Å². The van der Waals surface area contributed by atoms with E-state index >= 15 is 0 Å². The van der Waals surface area contributed by atoms with Crippen LogP contribution >= 0.6 is 0 Å². The number of hydrogen-bond donors (Lipinski definition) is 5. The number of rotatable bonds is 6. The zero-order valence-corrected chi connectivity index (χ0v) is 17.6. The Morgan fingerprint density at radius 3 is 2.00 bits per heavy atom. The average Bonchev–Trinajstić information content (AvgIpc) is 3.43. The Kier molecular flexibility index (Phi) is 9.46. The summed E-state index contributed by atoms with van der Waals surface area (Å²) in [6.45, 7) is 3.34. The monoisotopic (exact) mass is 474 g/mol. The number of aromatic nitrogens is 2. The number of oxazole rings is 1. The van der Waals surface area contributed by atoms with Crippen LogP contribution in [0.1, 0.15) is 0 Å². The van der Waals surface area contributed by atoms with E-state index in [-0.39, 0.29) is 0 Å². The molecular weight excluding hydrogens is 452 g/mol. The van der Waals surface area contributed by atoms with E-state index in [1.165, 1.54) is 0 Å². The summed E-state index contributed by atoms with van der Waals surface area (Å²) in [7, 11) is 0. The minimum atomic E-state index is -1.26. The van der Waals surface area contributed by atoms with Crippen molar-refractivity contribution in [1.29, 1.82) is 0 Å². The molecule has 2 aliphatic rings. The fourth-order valence-electron chi connectivity index (χ4n) is 3.17. The van der Waals surface area contributed by atoms with E-state index in [4.69, 9.17) is 24.8 Å². The van der Waals surface area contributed by atoms with Gasteiger partial charge in [-0.15, -0.1) is 0 Å². The first-order chi connectivity index (χ1) is 16.2. The molecule has 34 heavy (non-hydrogen) atoms. The van der Waals surface area contributed by atoms with E-state index < -0.39 is 23.9 Å². The summed E-state index contributed by atoms with van der Waals surface area (Å²) in [5, 5.41) is 34.7. The summed E-state index contributed by atoms with van der Waals surface area (Å²) in [5.74, 6) is -3.60. The van der Waals surface area contributed by atoms with Gasteiger partial charge in [0.1, 0.15) is 6.26 Å². The van der Waals surface area contributed by atoms with E-state index in [0.29, 0.717) is 36.2 Å². The smallest absolute Gasteiger partial charge is 0.328 e. The Morgan fingerprint density at radius 2 is 1.53 bits per heavy atom. The average molecular weight is 474 g/mol. The lowest BCUT2D eigenvalue weighted by atomic mass is 9.91. The van der Waals surface area contributed by atoms with Gasteiger partial charge in [0.15, 0.2) is 0 Å². The van der Waals surface area contributed by atoms with Crippen molar-refractivity contribution in [1.82, 2.24) is 15.3 Å². The number of nitrogens with zero attached hydrogens (tertiary/aromatic N) is 3. The van der Waals surface area contributed by atoms with Crippen LogP contribution in [0.5, 0.6) is 0 Å². The van der Waals surface area contributed by atoms with Crippen molar-refractivity contribution in [3.63, 3.8) is 0 Å². The number of pyridine rings is 1. The quantitative estimate of drug-likeness (QED) is 0.364. The number of carboxylic acid groups (broad SMARTS) is 4. The summed E-state index contributed by atoms with van der Waals surface area (Å²) < 4.78 is 5.31. The van der Waals surface area contributed by atoms with Crippen LogP contribution in [0.15, 0.2) is 59.6 Å². The van der Waals surface area contributed by atoms with Crippen molar-refractivity contribution in [2.24, 2.45) is 5.92 Å². The van der Waals surface area contributed by atoms with Gasteiger partial charge in [0, 0.05) is 62.1 Å². The van der Waals surface area contributed by atoms with Gasteiger partial charge in [0.25, 0.3) is 0 Å². The maximum Gasteiger partial charge on any atom is 0.328 e.